The van der Waals surface area contributed by atoms with Crippen molar-refractivity contribution >= 4 is 22.5 Å². The van der Waals surface area contributed by atoms with Crippen molar-refractivity contribution < 1.29 is 4.79 Å². The fourth-order valence-corrected chi connectivity index (χ4v) is 2.06. The molecule has 3 nitrogen and oxygen atoms in total. The zero-order valence-electron chi connectivity index (χ0n) is 11.1. The molecule has 3 rings (SSSR count). The van der Waals surface area contributed by atoms with Crippen molar-refractivity contribution in [1.29, 1.82) is 0 Å². The first-order valence-electron chi connectivity index (χ1n) is 6.45. The van der Waals surface area contributed by atoms with E-state index in [4.69, 9.17) is 0 Å². The quantitative estimate of drug-likeness (QED) is 0.763. The Morgan fingerprint density at radius 2 is 1.85 bits per heavy atom. The van der Waals surface area contributed by atoms with E-state index in [9.17, 15) is 4.79 Å². The Morgan fingerprint density at radius 3 is 2.65 bits per heavy atom. The summed E-state index contributed by atoms with van der Waals surface area (Å²) in [7, 11) is 0. The zero-order chi connectivity index (χ0) is 13.9. The van der Waals surface area contributed by atoms with Gasteiger partial charge in [0.25, 0.3) is 5.91 Å². The molecule has 1 heterocycles. The SMILES string of the molecule is Cc1ccc(C(=O)Nc2ccc3ncccc3c2)cc1. The molecule has 3 heteroatoms. The van der Waals surface area contributed by atoms with Crippen molar-refractivity contribution in [3.8, 4) is 0 Å². The maximum absolute atomic E-state index is 12.1. The lowest BCUT2D eigenvalue weighted by Gasteiger charge is -2.06. The van der Waals surface area contributed by atoms with E-state index in [1.54, 1.807) is 6.20 Å². The van der Waals surface area contributed by atoms with Gasteiger partial charge in [0.2, 0.25) is 0 Å². The van der Waals surface area contributed by atoms with E-state index < -0.39 is 0 Å². The Hall–Kier alpha value is -2.68. The van der Waals surface area contributed by atoms with Gasteiger partial charge in [-0.05, 0) is 43.3 Å². The predicted octanol–water partition coefficient (Wildman–Crippen LogP) is 3.80. The molecule has 0 saturated carbocycles. The first-order chi connectivity index (χ1) is 9.72. The number of aromatic nitrogens is 1. The molecular weight excluding hydrogens is 248 g/mol. The Bertz CT molecular complexity index is 763. The number of carbonyl (C=O) groups excluding carboxylic acids is 1. The van der Waals surface area contributed by atoms with Crippen LogP contribution in [0.25, 0.3) is 10.9 Å². The van der Waals surface area contributed by atoms with Crippen LogP contribution in [0.15, 0.2) is 60.8 Å². The van der Waals surface area contributed by atoms with Crippen LogP contribution in [0.2, 0.25) is 0 Å². The minimum absolute atomic E-state index is 0.103. The molecule has 0 aliphatic heterocycles. The summed E-state index contributed by atoms with van der Waals surface area (Å²) in [4.78, 5) is 16.4. The number of benzene rings is 2. The molecule has 1 N–H and O–H groups in total. The molecule has 0 saturated heterocycles. The molecule has 0 aliphatic carbocycles. The Kier molecular flexibility index (Phi) is 3.17. The van der Waals surface area contributed by atoms with E-state index in [1.165, 1.54) is 0 Å². The number of amides is 1. The number of fused-ring (bicyclic) bond motifs is 1. The summed E-state index contributed by atoms with van der Waals surface area (Å²) in [5.74, 6) is -0.103. The number of rotatable bonds is 2. The monoisotopic (exact) mass is 262 g/mol. The summed E-state index contributed by atoms with van der Waals surface area (Å²) in [5, 5.41) is 3.91. The molecule has 98 valence electrons. The van der Waals surface area contributed by atoms with Gasteiger partial charge in [-0.15, -0.1) is 0 Å². The van der Waals surface area contributed by atoms with E-state index in [1.807, 2.05) is 61.5 Å². The van der Waals surface area contributed by atoms with Crippen LogP contribution in [-0.4, -0.2) is 10.9 Å². The number of nitrogens with one attached hydrogen (secondary N) is 1. The Balaban J connectivity index is 1.85. The van der Waals surface area contributed by atoms with Crippen molar-refractivity contribution in [2.75, 3.05) is 5.32 Å². The van der Waals surface area contributed by atoms with Gasteiger partial charge in [-0.25, -0.2) is 0 Å². The van der Waals surface area contributed by atoms with Crippen LogP contribution >= 0.6 is 0 Å². The highest BCUT2D eigenvalue weighted by atomic mass is 16.1. The van der Waals surface area contributed by atoms with Gasteiger partial charge in [0, 0.05) is 22.8 Å². The summed E-state index contributed by atoms with van der Waals surface area (Å²) in [5.41, 5.74) is 3.48. The highest BCUT2D eigenvalue weighted by Gasteiger charge is 2.06. The highest BCUT2D eigenvalue weighted by Crippen LogP contribution is 2.17. The third-order valence-corrected chi connectivity index (χ3v) is 3.17. The molecule has 0 aliphatic rings. The largest absolute Gasteiger partial charge is 0.322 e. The molecule has 0 unspecified atom stereocenters. The number of pyridine rings is 1. The third-order valence-electron chi connectivity index (χ3n) is 3.17. The fourth-order valence-electron chi connectivity index (χ4n) is 2.06. The molecule has 1 amide bonds. The molecule has 0 bridgehead atoms. The van der Waals surface area contributed by atoms with Gasteiger partial charge in [0.15, 0.2) is 0 Å². The van der Waals surface area contributed by atoms with Crippen LogP contribution in [0.5, 0.6) is 0 Å². The number of aryl methyl sites for hydroxylation is 1. The molecule has 3 aromatic rings. The standard InChI is InChI=1S/C17H14N2O/c1-12-4-6-13(7-5-12)17(20)19-15-8-9-16-14(11-15)3-2-10-18-16/h2-11H,1H3,(H,19,20). The number of anilines is 1. The first-order valence-corrected chi connectivity index (χ1v) is 6.45. The normalized spacial score (nSPS) is 10.4. The van der Waals surface area contributed by atoms with Crippen molar-refractivity contribution in [1.82, 2.24) is 4.98 Å². The molecule has 0 spiro atoms. The predicted molar refractivity (Wildman–Crippen MR) is 80.9 cm³/mol. The van der Waals surface area contributed by atoms with Gasteiger partial charge in [0.05, 0.1) is 5.52 Å². The van der Waals surface area contributed by atoms with E-state index in [0.717, 1.165) is 22.2 Å². The van der Waals surface area contributed by atoms with Gasteiger partial charge in [-0.3, -0.25) is 9.78 Å². The minimum atomic E-state index is -0.103. The van der Waals surface area contributed by atoms with Crippen molar-refractivity contribution in [3.63, 3.8) is 0 Å². The summed E-state index contributed by atoms with van der Waals surface area (Å²) in [6.07, 6.45) is 1.76. The zero-order valence-corrected chi connectivity index (χ0v) is 11.1. The molecule has 0 fully saturated rings. The van der Waals surface area contributed by atoms with Gasteiger partial charge in [-0.2, -0.15) is 0 Å². The number of carbonyl (C=O) groups is 1. The maximum atomic E-state index is 12.1. The molecule has 1 aromatic heterocycles. The van der Waals surface area contributed by atoms with Crippen LogP contribution < -0.4 is 5.32 Å². The van der Waals surface area contributed by atoms with Crippen LogP contribution in [0.3, 0.4) is 0 Å². The summed E-state index contributed by atoms with van der Waals surface area (Å²) in [6, 6.07) is 17.1. The second kappa shape index (κ2) is 5.13. The number of hydrogen-bond donors (Lipinski definition) is 1. The van der Waals surface area contributed by atoms with Gasteiger partial charge in [0.1, 0.15) is 0 Å². The van der Waals surface area contributed by atoms with E-state index in [2.05, 4.69) is 10.3 Å². The summed E-state index contributed by atoms with van der Waals surface area (Å²) < 4.78 is 0. The van der Waals surface area contributed by atoms with Crippen LogP contribution in [0.4, 0.5) is 5.69 Å². The van der Waals surface area contributed by atoms with Gasteiger partial charge in [-0.1, -0.05) is 23.8 Å². The van der Waals surface area contributed by atoms with Gasteiger partial charge < -0.3 is 5.32 Å². The fraction of sp³-hybridized carbons (Fsp3) is 0.0588. The lowest BCUT2D eigenvalue weighted by molar-refractivity contribution is 0.102. The summed E-state index contributed by atoms with van der Waals surface area (Å²) in [6.45, 7) is 2.00. The van der Waals surface area contributed by atoms with Crippen molar-refractivity contribution in [3.05, 3.63) is 71.9 Å². The molecule has 2 aromatic carbocycles. The lowest BCUT2D eigenvalue weighted by Crippen LogP contribution is -2.11. The van der Waals surface area contributed by atoms with Crippen molar-refractivity contribution in [2.45, 2.75) is 6.92 Å². The Labute approximate surface area is 117 Å². The third kappa shape index (κ3) is 2.52. The molecular formula is C17H14N2O. The average Bonchev–Trinajstić information content (AvgIpc) is 2.48. The second-order valence-electron chi connectivity index (χ2n) is 4.73. The number of hydrogen-bond acceptors (Lipinski definition) is 2. The van der Waals surface area contributed by atoms with E-state index in [0.29, 0.717) is 5.56 Å². The van der Waals surface area contributed by atoms with E-state index in [-0.39, 0.29) is 5.91 Å². The average molecular weight is 262 g/mol. The topological polar surface area (TPSA) is 42.0 Å². The van der Waals surface area contributed by atoms with Crippen LogP contribution in [-0.2, 0) is 0 Å². The molecule has 20 heavy (non-hydrogen) atoms. The smallest absolute Gasteiger partial charge is 0.255 e. The van der Waals surface area contributed by atoms with Crippen molar-refractivity contribution in [2.24, 2.45) is 0 Å². The maximum Gasteiger partial charge on any atom is 0.255 e. The Morgan fingerprint density at radius 1 is 1.05 bits per heavy atom. The highest BCUT2D eigenvalue weighted by molar-refractivity contribution is 6.05. The number of nitrogens with zero attached hydrogens (tertiary/aromatic N) is 1. The van der Waals surface area contributed by atoms with Crippen LogP contribution in [0.1, 0.15) is 15.9 Å². The first kappa shape index (κ1) is 12.4. The molecule has 0 atom stereocenters. The van der Waals surface area contributed by atoms with Crippen LogP contribution in [0, 0.1) is 6.92 Å². The molecule has 0 radical (unpaired) electrons. The minimum Gasteiger partial charge on any atom is -0.322 e. The lowest BCUT2D eigenvalue weighted by atomic mass is 10.1. The summed E-state index contributed by atoms with van der Waals surface area (Å²) >= 11 is 0. The van der Waals surface area contributed by atoms with E-state index >= 15 is 0 Å². The van der Waals surface area contributed by atoms with Gasteiger partial charge >= 0.3 is 0 Å². The second-order valence-corrected chi connectivity index (χ2v) is 4.73.